The van der Waals surface area contributed by atoms with E-state index < -0.39 is 0 Å². The van der Waals surface area contributed by atoms with Gasteiger partial charge in [-0.1, -0.05) is 142 Å². The van der Waals surface area contributed by atoms with Crippen LogP contribution in [0.2, 0.25) is 0 Å². The van der Waals surface area contributed by atoms with E-state index in [1.165, 1.54) is 128 Å². The van der Waals surface area contributed by atoms with Gasteiger partial charge in [0.1, 0.15) is 12.6 Å². The van der Waals surface area contributed by atoms with E-state index in [4.69, 9.17) is 14.2 Å². The lowest BCUT2D eigenvalue weighted by atomic mass is 10.1. The third kappa shape index (κ3) is 35.4. The third-order valence-electron chi connectivity index (χ3n) is 8.30. The quantitative estimate of drug-likeness (QED) is 0.0293. The largest absolute Gasteiger partial charge is 0.349 e. The Hall–Kier alpha value is -1.30. The Morgan fingerprint density at radius 2 is 0.711 bits per heavy atom. The molecule has 0 aliphatic carbocycles. The highest BCUT2D eigenvalue weighted by atomic mass is 16.8. The summed E-state index contributed by atoms with van der Waals surface area (Å²) in [7, 11) is 0. The van der Waals surface area contributed by atoms with Gasteiger partial charge in [0.15, 0.2) is 12.6 Å². The van der Waals surface area contributed by atoms with Crippen LogP contribution >= 0.6 is 0 Å². The maximum absolute atomic E-state index is 10.4. The molecule has 264 valence electrons. The molecule has 0 saturated carbocycles. The molecule has 0 N–H and O–H groups in total. The number of hydrogen-bond donors (Lipinski definition) is 0. The van der Waals surface area contributed by atoms with Crippen molar-refractivity contribution in [1.29, 1.82) is 0 Å². The zero-order chi connectivity index (χ0) is 32.7. The first kappa shape index (κ1) is 43.7. The molecule has 0 rings (SSSR count). The van der Waals surface area contributed by atoms with Crippen LogP contribution in [-0.4, -0.2) is 38.4 Å². The zero-order valence-electron chi connectivity index (χ0n) is 29.9. The first-order valence-corrected chi connectivity index (χ1v) is 19.4. The number of carbonyl (C=O) groups excluding carboxylic acids is 2. The molecule has 45 heavy (non-hydrogen) atoms. The van der Waals surface area contributed by atoms with E-state index in [2.05, 4.69) is 38.2 Å². The third-order valence-corrected chi connectivity index (χ3v) is 8.30. The summed E-state index contributed by atoms with van der Waals surface area (Å²) in [6, 6.07) is 0. The molecule has 2 atom stereocenters. The lowest BCUT2D eigenvalue weighted by Crippen LogP contribution is -2.25. The second-order valence-electron chi connectivity index (χ2n) is 12.7. The molecule has 0 aromatic carbocycles. The van der Waals surface area contributed by atoms with Crippen molar-refractivity contribution in [3.63, 3.8) is 0 Å². The zero-order valence-corrected chi connectivity index (χ0v) is 29.9. The van der Waals surface area contributed by atoms with Gasteiger partial charge in [-0.25, -0.2) is 0 Å². The standard InChI is InChI=1S/C40H74O5/c1-3-5-31-37-43-39(33-27-23-19-15-11-7-9-13-17-21-25-29-35-41)45-40(44-38-32-6-4-2)34-28-24-20-16-12-8-10-14-18-22-26-30-36-42/h27-28,33-36,39-40H,3-26,29-32,37-38H2,1-2H3. The molecular weight excluding hydrogens is 560 g/mol. The number of carbonyl (C=O) groups is 2. The fourth-order valence-corrected chi connectivity index (χ4v) is 5.38. The Morgan fingerprint density at radius 1 is 0.400 bits per heavy atom. The summed E-state index contributed by atoms with van der Waals surface area (Å²) in [5.41, 5.74) is 0. The Kier molecular flexibility index (Phi) is 37.8. The van der Waals surface area contributed by atoms with Crippen LogP contribution in [0.3, 0.4) is 0 Å². The van der Waals surface area contributed by atoms with E-state index >= 15 is 0 Å². The van der Waals surface area contributed by atoms with Crippen molar-refractivity contribution in [2.45, 2.75) is 206 Å². The normalized spacial score (nSPS) is 13.2. The van der Waals surface area contributed by atoms with Gasteiger partial charge in [-0.3, -0.25) is 0 Å². The maximum Gasteiger partial charge on any atom is 0.180 e. The number of allylic oxidation sites excluding steroid dienone is 2. The first-order valence-electron chi connectivity index (χ1n) is 19.4. The summed E-state index contributed by atoms with van der Waals surface area (Å²) < 4.78 is 18.7. The summed E-state index contributed by atoms with van der Waals surface area (Å²) in [6.07, 6.45) is 42.8. The van der Waals surface area contributed by atoms with Gasteiger partial charge in [-0.15, -0.1) is 0 Å². The number of ether oxygens (including phenoxy) is 3. The summed E-state index contributed by atoms with van der Waals surface area (Å²) in [4.78, 5) is 20.8. The molecule has 0 heterocycles. The SMILES string of the molecule is CCCCCOC(C=CCCCCCCCCCCCC=O)OC(C=CCCCCCCCCCCCC=O)OCCCCC. The molecule has 0 amide bonds. The van der Waals surface area contributed by atoms with Crippen LogP contribution in [0.1, 0.15) is 194 Å². The van der Waals surface area contributed by atoms with E-state index in [9.17, 15) is 9.59 Å². The lowest BCUT2D eigenvalue weighted by molar-refractivity contribution is -0.208. The van der Waals surface area contributed by atoms with Crippen molar-refractivity contribution in [3.05, 3.63) is 24.3 Å². The average Bonchev–Trinajstić information content (AvgIpc) is 3.05. The van der Waals surface area contributed by atoms with Gasteiger partial charge in [0.05, 0.1) is 13.2 Å². The Labute approximate surface area is 279 Å². The van der Waals surface area contributed by atoms with Crippen molar-refractivity contribution in [3.8, 4) is 0 Å². The van der Waals surface area contributed by atoms with Crippen molar-refractivity contribution in [2.24, 2.45) is 0 Å². The van der Waals surface area contributed by atoms with Crippen molar-refractivity contribution in [1.82, 2.24) is 0 Å². The molecule has 2 unspecified atom stereocenters. The van der Waals surface area contributed by atoms with Crippen molar-refractivity contribution >= 4 is 12.6 Å². The van der Waals surface area contributed by atoms with E-state index in [0.29, 0.717) is 13.2 Å². The molecule has 0 saturated heterocycles. The van der Waals surface area contributed by atoms with Gasteiger partial charge < -0.3 is 23.8 Å². The summed E-state index contributed by atoms with van der Waals surface area (Å²) in [6.45, 7) is 5.86. The number of unbranched alkanes of at least 4 members (excludes halogenated alkanes) is 24. The highest BCUT2D eigenvalue weighted by Crippen LogP contribution is 2.15. The topological polar surface area (TPSA) is 61.8 Å². The van der Waals surface area contributed by atoms with Gasteiger partial charge in [0.2, 0.25) is 0 Å². The minimum atomic E-state index is -0.375. The van der Waals surface area contributed by atoms with Gasteiger partial charge >= 0.3 is 0 Å². The predicted molar refractivity (Wildman–Crippen MR) is 192 cm³/mol. The number of aldehydes is 2. The predicted octanol–water partition coefficient (Wildman–Crippen LogP) is 12.2. The van der Waals surface area contributed by atoms with Crippen LogP contribution in [0.4, 0.5) is 0 Å². The molecule has 0 aromatic rings. The Morgan fingerprint density at radius 3 is 1.02 bits per heavy atom. The Balaban J connectivity index is 4.48. The summed E-state index contributed by atoms with van der Waals surface area (Å²) in [5.74, 6) is 0. The van der Waals surface area contributed by atoms with Gasteiger partial charge in [-0.2, -0.15) is 0 Å². The molecule has 0 spiro atoms. The van der Waals surface area contributed by atoms with E-state index in [1.54, 1.807) is 0 Å². The molecule has 0 aliphatic heterocycles. The maximum atomic E-state index is 10.4. The van der Waals surface area contributed by atoms with Crippen molar-refractivity contribution in [2.75, 3.05) is 13.2 Å². The van der Waals surface area contributed by atoms with Gasteiger partial charge in [0.25, 0.3) is 0 Å². The van der Waals surface area contributed by atoms with Crippen LogP contribution in [0, 0.1) is 0 Å². The van der Waals surface area contributed by atoms with Crippen LogP contribution in [0.5, 0.6) is 0 Å². The second kappa shape index (κ2) is 38.9. The van der Waals surface area contributed by atoms with E-state index in [1.807, 2.05) is 0 Å². The monoisotopic (exact) mass is 635 g/mol. The number of rotatable bonds is 38. The molecular formula is C40H74O5. The fourth-order valence-electron chi connectivity index (χ4n) is 5.38. The first-order chi connectivity index (χ1) is 22.3. The molecule has 5 heteroatoms. The van der Waals surface area contributed by atoms with Crippen LogP contribution < -0.4 is 0 Å². The molecule has 0 bridgehead atoms. The lowest BCUT2D eigenvalue weighted by Gasteiger charge is -2.21. The highest BCUT2D eigenvalue weighted by Gasteiger charge is 2.13. The highest BCUT2D eigenvalue weighted by molar-refractivity contribution is 5.49. The molecule has 5 nitrogen and oxygen atoms in total. The summed E-state index contributed by atoms with van der Waals surface area (Å²) in [5, 5.41) is 0. The fraction of sp³-hybridized carbons (Fsp3) is 0.850. The molecule has 0 aromatic heterocycles. The second-order valence-corrected chi connectivity index (χ2v) is 12.7. The van der Waals surface area contributed by atoms with Gasteiger partial charge in [0, 0.05) is 12.8 Å². The van der Waals surface area contributed by atoms with Crippen LogP contribution in [0.15, 0.2) is 24.3 Å². The summed E-state index contributed by atoms with van der Waals surface area (Å²) >= 11 is 0. The van der Waals surface area contributed by atoms with Crippen molar-refractivity contribution < 1.29 is 23.8 Å². The molecule has 0 fully saturated rings. The van der Waals surface area contributed by atoms with Gasteiger partial charge in [-0.05, 0) is 63.5 Å². The number of hydrogen-bond acceptors (Lipinski definition) is 5. The minimum Gasteiger partial charge on any atom is -0.349 e. The van der Waals surface area contributed by atoms with E-state index in [0.717, 1.165) is 63.9 Å². The Bertz CT molecular complexity index is 593. The smallest absolute Gasteiger partial charge is 0.180 e. The van der Waals surface area contributed by atoms with E-state index in [-0.39, 0.29) is 12.6 Å². The molecule has 0 aliphatic rings. The van der Waals surface area contributed by atoms with Crippen LogP contribution in [-0.2, 0) is 23.8 Å². The average molecular weight is 635 g/mol. The minimum absolute atomic E-state index is 0.375. The molecule has 0 radical (unpaired) electrons. The van der Waals surface area contributed by atoms with Crippen LogP contribution in [0.25, 0.3) is 0 Å².